The Morgan fingerprint density at radius 3 is 2.18 bits per heavy atom. The molecule has 0 fully saturated rings. The van der Waals surface area contributed by atoms with Gasteiger partial charge in [-0.3, -0.25) is 9.59 Å². The van der Waals surface area contributed by atoms with Crippen LogP contribution in [0.15, 0.2) is 48.5 Å². The number of ether oxygens (including phenoxy) is 2. The molecule has 1 N–H and O–H groups in total. The quantitative estimate of drug-likeness (QED) is 0.684. The highest BCUT2D eigenvalue weighted by molar-refractivity contribution is 5.95. The minimum atomic E-state index is -0.231. The minimum absolute atomic E-state index is 0.00496. The van der Waals surface area contributed by atoms with Crippen LogP contribution in [0.25, 0.3) is 0 Å². The molecule has 6 heteroatoms. The van der Waals surface area contributed by atoms with Gasteiger partial charge in [0.25, 0.3) is 5.91 Å². The fourth-order valence-corrected chi connectivity index (χ4v) is 2.89. The first-order valence-corrected chi connectivity index (χ1v) is 9.34. The minimum Gasteiger partial charge on any atom is -0.497 e. The van der Waals surface area contributed by atoms with Gasteiger partial charge >= 0.3 is 0 Å². The van der Waals surface area contributed by atoms with E-state index in [1.807, 2.05) is 18.2 Å². The number of nitrogens with zero attached hydrogens (tertiary/aromatic N) is 1. The molecule has 28 heavy (non-hydrogen) atoms. The van der Waals surface area contributed by atoms with Gasteiger partial charge in [0.1, 0.15) is 11.5 Å². The summed E-state index contributed by atoms with van der Waals surface area (Å²) in [5.74, 6) is 0.877. The van der Waals surface area contributed by atoms with Crippen molar-refractivity contribution in [1.82, 2.24) is 10.2 Å². The third kappa shape index (κ3) is 6.61. The monoisotopic (exact) mass is 384 g/mol. The highest BCUT2D eigenvalue weighted by Crippen LogP contribution is 2.22. The van der Waals surface area contributed by atoms with E-state index in [0.717, 1.165) is 12.8 Å². The van der Waals surface area contributed by atoms with Crippen LogP contribution in [0.5, 0.6) is 11.5 Å². The Hall–Kier alpha value is -3.02. The van der Waals surface area contributed by atoms with E-state index in [-0.39, 0.29) is 11.8 Å². The lowest BCUT2D eigenvalue weighted by Gasteiger charge is -2.21. The second-order valence-electron chi connectivity index (χ2n) is 6.45. The Bertz CT molecular complexity index is 755. The van der Waals surface area contributed by atoms with Gasteiger partial charge < -0.3 is 19.7 Å². The van der Waals surface area contributed by atoms with Crippen molar-refractivity contribution in [3.63, 3.8) is 0 Å². The molecule has 0 bridgehead atoms. The molecule has 2 aromatic rings. The maximum Gasteiger partial charge on any atom is 0.251 e. The molecule has 0 aromatic heterocycles. The summed E-state index contributed by atoms with van der Waals surface area (Å²) in [4.78, 5) is 26.0. The molecule has 0 atom stereocenters. The van der Waals surface area contributed by atoms with Crippen LogP contribution < -0.4 is 14.8 Å². The van der Waals surface area contributed by atoms with E-state index < -0.39 is 0 Å². The maximum atomic E-state index is 12.4. The van der Waals surface area contributed by atoms with Crippen molar-refractivity contribution in [2.24, 2.45) is 0 Å². The Morgan fingerprint density at radius 1 is 0.964 bits per heavy atom. The van der Waals surface area contributed by atoms with Crippen LogP contribution in [0, 0.1) is 0 Å². The average Bonchev–Trinajstić information content (AvgIpc) is 2.72. The molecule has 0 aliphatic rings. The first-order valence-electron chi connectivity index (χ1n) is 9.34. The molecule has 0 unspecified atom stereocenters. The number of carbonyl (C=O) groups is 2. The van der Waals surface area contributed by atoms with Gasteiger partial charge in [-0.25, -0.2) is 0 Å². The van der Waals surface area contributed by atoms with Crippen molar-refractivity contribution in [3.05, 3.63) is 59.7 Å². The first kappa shape index (κ1) is 21.3. The molecule has 150 valence electrons. The fraction of sp³-hybridized carbons (Fsp3) is 0.364. The van der Waals surface area contributed by atoms with Crippen molar-refractivity contribution >= 4 is 11.8 Å². The Balaban J connectivity index is 1.83. The van der Waals surface area contributed by atoms with Crippen LogP contribution in [0.1, 0.15) is 29.3 Å². The molecular formula is C22H28N2O4. The third-order valence-electron chi connectivity index (χ3n) is 4.46. The van der Waals surface area contributed by atoms with Gasteiger partial charge in [-0.2, -0.15) is 0 Å². The van der Waals surface area contributed by atoms with Crippen LogP contribution in [0.2, 0.25) is 0 Å². The number of rotatable bonds is 10. The fourth-order valence-electron chi connectivity index (χ4n) is 2.89. The molecule has 0 aliphatic heterocycles. The van der Waals surface area contributed by atoms with Crippen LogP contribution in [-0.4, -0.2) is 50.6 Å². The van der Waals surface area contributed by atoms with Crippen LogP contribution in [-0.2, 0) is 11.2 Å². The lowest BCUT2D eigenvalue weighted by molar-refractivity contribution is -0.128. The number of hydrogen-bond donors (Lipinski definition) is 1. The molecule has 2 aromatic carbocycles. The van der Waals surface area contributed by atoms with Crippen LogP contribution >= 0.6 is 0 Å². The number of nitrogens with one attached hydrogen (secondary N) is 1. The van der Waals surface area contributed by atoms with E-state index in [1.54, 1.807) is 30.0 Å². The van der Waals surface area contributed by atoms with Crippen LogP contribution in [0.3, 0.4) is 0 Å². The Kier molecular flexibility index (Phi) is 8.34. The van der Waals surface area contributed by atoms with E-state index in [1.165, 1.54) is 19.8 Å². The van der Waals surface area contributed by atoms with Crippen molar-refractivity contribution in [1.29, 1.82) is 0 Å². The zero-order chi connectivity index (χ0) is 20.4. The molecule has 0 heterocycles. The topological polar surface area (TPSA) is 67.9 Å². The predicted molar refractivity (Wildman–Crippen MR) is 109 cm³/mol. The SMILES string of the molecule is COc1cc(OC)cc(C(=O)NCCN(CCCc2ccccc2)C(C)=O)c1. The molecule has 0 saturated carbocycles. The highest BCUT2D eigenvalue weighted by atomic mass is 16.5. The van der Waals surface area contributed by atoms with Gasteiger partial charge in [-0.05, 0) is 30.5 Å². The molecule has 0 aliphatic carbocycles. The van der Waals surface area contributed by atoms with Gasteiger partial charge in [0.15, 0.2) is 0 Å². The zero-order valence-electron chi connectivity index (χ0n) is 16.7. The summed E-state index contributed by atoms with van der Waals surface area (Å²) in [5, 5.41) is 2.85. The standard InChI is InChI=1S/C22H28N2O4/c1-17(25)24(12-7-10-18-8-5-4-6-9-18)13-11-23-22(26)19-14-20(27-2)16-21(15-19)28-3/h4-6,8-9,14-16H,7,10-13H2,1-3H3,(H,23,26). The molecule has 2 amide bonds. The largest absolute Gasteiger partial charge is 0.497 e. The number of hydrogen-bond acceptors (Lipinski definition) is 4. The van der Waals surface area contributed by atoms with E-state index in [0.29, 0.717) is 36.7 Å². The van der Waals surface area contributed by atoms with Crippen molar-refractivity contribution in [3.8, 4) is 11.5 Å². The normalized spacial score (nSPS) is 10.2. The summed E-state index contributed by atoms with van der Waals surface area (Å²) in [6.45, 7) is 3.06. The highest BCUT2D eigenvalue weighted by Gasteiger charge is 2.12. The lowest BCUT2D eigenvalue weighted by Crippen LogP contribution is -2.38. The van der Waals surface area contributed by atoms with Crippen molar-refractivity contribution < 1.29 is 19.1 Å². The Morgan fingerprint density at radius 2 is 1.61 bits per heavy atom. The summed E-state index contributed by atoms with van der Waals surface area (Å²) in [5.41, 5.74) is 1.71. The van der Waals surface area contributed by atoms with E-state index in [4.69, 9.17) is 9.47 Å². The average molecular weight is 384 g/mol. The molecule has 0 spiro atoms. The predicted octanol–water partition coefficient (Wildman–Crippen LogP) is 2.91. The van der Waals surface area contributed by atoms with Gasteiger partial charge in [0.05, 0.1) is 14.2 Å². The number of aryl methyl sites for hydroxylation is 1. The Labute approximate surface area is 166 Å². The second kappa shape index (κ2) is 11.0. The second-order valence-corrected chi connectivity index (χ2v) is 6.45. The molecular weight excluding hydrogens is 356 g/mol. The van der Waals surface area contributed by atoms with Crippen molar-refractivity contribution in [2.75, 3.05) is 33.9 Å². The summed E-state index contributed by atoms with van der Waals surface area (Å²) >= 11 is 0. The number of carbonyl (C=O) groups excluding carboxylic acids is 2. The maximum absolute atomic E-state index is 12.4. The van der Waals surface area contributed by atoms with Gasteiger partial charge in [-0.15, -0.1) is 0 Å². The summed E-state index contributed by atoms with van der Waals surface area (Å²) in [6, 6.07) is 15.2. The van der Waals surface area contributed by atoms with E-state index in [2.05, 4.69) is 17.4 Å². The molecule has 6 nitrogen and oxygen atoms in total. The van der Waals surface area contributed by atoms with Gasteiger partial charge in [0, 0.05) is 38.2 Å². The molecule has 0 saturated heterocycles. The van der Waals surface area contributed by atoms with Crippen LogP contribution in [0.4, 0.5) is 0 Å². The first-order chi connectivity index (χ1) is 13.5. The number of amides is 2. The third-order valence-corrected chi connectivity index (χ3v) is 4.46. The number of methoxy groups -OCH3 is 2. The van der Waals surface area contributed by atoms with Gasteiger partial charge in [0.2, 0.25) is 5.91 Å². The lowest BCUT2D eigenvalue weighted by atomic mass is 10.1. The van der Waals surface area contributed by atoms with E-state index in [9.17, 15) is 9.59 Å². The zero-order valence-corrected chi connectivity index (χ0v) is 16.7. The van der Waals surface area contributed by atoms with Gasteiger partial charge in [-0.1, -0.05) is 30.3 Å². The smallest absolute Gasteiger partial charge is 0.251 e. The molecule has 0 radical (unpaired) electrons. The van der Waals surface area contributed by atoms with E-state index >= 15 is 0 Å². The molecule has 2 rings (SSSR count). The summed E-state index contributed by atoms with van der Waals surface area (Å²) in [6.07, 6.45) is 1.80. The summed E-state index contributed by atoms with van der Waals surface area (Å²) < 4.78 is 10.4. The summed E-state index contributed by atoms with van der Waals surface area (Å²) in [7, 11) is 3.08. The van der Waals surface area contributed by atoms with Crippen molar-refractivity contribution in [2.45, 2.75) is 19.8 Å². The number of benzene rings is 2.